The van der Waals surface area contributed by atoms with Gasteiger partial charge in [0.2, 0.25) is 10.0 Å². The van der Waals surface area contributed by atoms with E-state index in [1.807, 2.05) is 6.92 Å². The lowest BCUT2D eigenvalue weighted by Crippen LogP contribution is -2.34. The third-order valence-electron chi connectivity index (χ3n) is 3.32. The lowest BCUT2D eigenvalue weighted by Gasteiger charge is -2.21. The Hall–Kier alpha value is -1.11. The summed E-state index contributed by atoms with van der Waals surface area (Å²) in [6, 6.07) is 4.82. The standard InChI is InChI=1S/C15H26N2O3S/c1-3-4-5-6-7-17(8-9-18)21(19,20)15-11-13(2)10-14(16)12-15/h10-12,18H,3-9,16H2,1-2H3. The topological polar surface area (TPSA) is 83.6 Å². The molecule has 1 aromatic rings. The number of aliphatic hydroxyl groups is 1. The van der Waals surface area contributed by atoms with Gasteiger partial charge in [-0.05, 0) is 37.1 Å². The normalized spacial score (nSPS) is 12.0. The van der Waals surface area contributed by atoms with E-state index < -0.39 is 10.0 Å². The molecule has 0 amide bonds. The zero-order chi connectivity index (χ0) is 15.9. The monoisotopic (exact) mass is 314 g/mol. The van der Waals surface area contributed by atoms with Crippen molar-refractivity contribution in [3.63, 3.8) is 0 Å². The van der Waals surface area contributed by atoms with Crippen LogP contribution in [-0.2, 0) is 10.0 Å². The van der Waals surface area contributed by atoms with E-state index in [0.717, 1.165) is 31.2 Å². The molecule has 3 N–H and O–H groups in total. The quantitative estimate of drug-likeness (QED) is 0.540. The summed E-state index contributed by atoms with van der Waals surface area (Å²) < 4.78 is 26.6. The molecule has 1 rings (SSSR count). The second-order valence-corrected chi connectivity index (χ2v) is 7.21. The first-order valence-electron chi connectivity index (χ1n) is 7.40. The van der Waals surface area contributed by atoms with Gasteiger partial charge in [0.1, 0.15) is 0 Å². The van der Waals surface area contributed by atoms with Crippen molar-refractivity contribution in [2.45, 2.75) is 44.4 Å². The lowest BCUT2D eigenvalue weighted by atomic mass is 10.2. The van der Waals surface area contributed by atoms with Crippen LogP contribution in [0.1, 0.15) is 38.2 Å². The van der Waals surface area contributed by atoms with Crippen LogP contribution < -0.4 is 5.73 Å². The number of rotatable bonds is 9. The molecule has 0 atom stereocenters. The zero-order valence-corrected chi connectivity index (χ0v) is 13.7. The molecule has 1 aromatic carbocycles. The number of hydrogen-bond acceptors (Lipinski definition) is 4. The van der Waals surface area contributed by atoms with Crippen LogP contribution in [0.5, 0.6) is 0 Å². The van der Waals surface area contributed by atoms with E-state index in [9.17, 15) is 8.42 Å². The first-order chi connectivity index (χ1) is 9.91. The Balaban J connectivity index is 2.92. The number of aryl methyl sites for hydroxylation is 1. The largest absolute Gasteiger partial charge is 0.399 e. The number of benzene rings is 1. The Morgan fingerprint density at radius 1 is 1.14 bits per heavy atom. The van der Waals surface area contributed by atoms with Gasteiger partial charge in [0.05, 0.1) is 11.5 Å². The van der Waals surface area contributed by atoms with Crippen LogP contribution in [0.4, 0.5) is 5.69 Å². The van der Waals surface area contributed by atoms with Gasteiger partial charge in [0.15, 0.2) is 0 Å². The minimum Gasteiger partial charge on any atom is -0.399 e. The fraction of sp³-hybridized carbons (Fsp3) is 0.600. The third-order valence-corrected chi connectivity index (χ3v) is 5.20. The molecule has 0 saturated carbocycles. The molecule has 0 heterocycles. The van der Waals surface area contributed by atoms with E-state index in [2.05, 4.69) is 6.92 Å². The van der Waals surface area contributed by atoms with Crippen molar-refractivity contribution in [3.8, 4) is 0 Å². The molecule has 0 aliphatic heterocycles. The van der Waals surface area contributed by atoms with Crippen molar-refractivity contribution in [2.24, 2.45) is 0 Å². The predicted molar refractivity (Wildman–Crippen MR) is 85.6 cm³/mol. The summed E-state index contributed by atoms with van der Waals surface area (Å²) in [6.45, 7) is 4.28. The van der Waals surface area contributed by atoms with Gasteiger partial charge in [-0.15, -0.1) is 0 Å². The molecule has 0 unspecified atom stereocenters. The Morgan fingerprint density at radius 2 is 1.86 bits per heavy atom. The Kier molecular flexibility index (Phi) is 7.14. The van der Waals surface area contributed by atoms with E-state index in [-0.39, 0.29) is 18.0 Å². The van der Waals surface area contributed by atoms with Crippen LogP contribution in [0, 0.1) is 6.92 Å². The molecule has 120 valence electrons. The highest BCUT2D eigenvalue weighted by atomic mass is 32.2. The fourth-order valence-corrected chi connectivity index (χ4v) is 3.86. The molecule has 0 aliphatic carbocycles. The SMILES string of the molecule is CCCCCCN(CCO)S(=O)(=O)c1cc(C)cc(N)c1. The highest BCUT2D eigenvalue weighted by molar-refractivity contribution is 7.89. The summed E-state index contributed by atoms with van der Waals surface area (Å²) in [6.07, 6.45) is 3.98. The van der Waals surface area contributed by atoms with Gasteiger partial charge >= 0.3 is 0 Å². The third kappa shape index (κ3) is 5.30. The van der Waals surface area contributed by atoms with Crippen molar-refractivity contribution >= 4 is 15.7 Å². The number of sulfonamides is 1. The molecule has 0 fully saturated rings. The van der Waals surface area contributed by atoms with Crippen molar-refractivity contribution in [3.05, 3.63) is 23.8 Å². The summed E-state index contributed by atoms with van der Waals surface area (Å²) in [5.41, 5.74) is 6.98. The Bertz CT molecular complexity index is 524. The number of anilines is 1. The van der Waals surface area contributed by atoms with E-state index >= 15 is 0 Å². The van der Waals surface area contributed by atoms with Gasteiger partial charge in [-0.25, -0.2) is 8.42 Å². The highest BCUT2D eigenvalue weighted by Crippen LogP contribution is 2.21. The van der Waals surface area contributed by atoms with Crippen LogP contribution in [0.25, 0.3) is 0 Å². The highest BCUT2D eigenvalue weighted by Gasteiger charge is 2.24. The number of nitrogens with two attached hydrogens (primary N) is 1. The molecule has 0 spiro atoms. The van der Waals surface area contributed by atoms with Gasteiger partial charge < -0.3 is 10.8 Å². The zero-order valence-electron chi connectivity index (χ0n) is 12.9. The molecule has 0 radical (unpaired) electrons. The number of nitrogens with zero attached hydrogens (tertiary/aromatic N) is 1. The molecule has 0 aliphatic rings. The van der Waals surface area contributed by atoms with E-state index in [0.29, 0.717) is 12.2 Å². The first kappa shape index (κ1) is 17.9. The molecular formula is C15H26N2O3S. The fourth-order valence-electron chi connectivity index (χ4n) is 2.25. The number of aliphatic hydroxyl groups excluding tert-OH is 1. The van der Waals surface area contributed by atoms with E-state index in [4.69, 9.17) is 10.8 Å². The van der Waals surface area contributed by atoms with Crippen molar-refractivity contribution < 1.29 is 13.5 Å². The molecular weight excluding hydrogens is 288 g/mol. The average molecular weight is 314 g/mol. The van der Waals surface area contributed by atoms with Crippen LogP contribution >= 0.6 is 0 Å². The van der Waals surface area contributed by atoms with Crippen LogP contribution in [-0.4, -0.2) is 37.5 Å². The summed E-state index contributed by atoms with van der Waals surface area (Å²) in [4.78, 5) is 0.198. The van der Waals surface area contributed by atoms with Gasteiger partial charge in [-0.3, -0.25) is 0 Å². The number of hydrogen-bond donors (Lipinski definition) is 2. The van der Waals surface area contributed by atoms with E-state index in [1.54, 1.807) is 12.1 Å². The lowest BCUT2D eigenvalue weighted by molar-refractivity contribution is 0.251. The second-order valence-electron chi connectivity index (χ2n) is 5.27. The maximum Gasteiger partial charge on any atom is 0.243 e. The van der Waals surface area contributed by atoms with E-state index in [1.165, 1.54) is 10.4 Å². The molecule has 5 nitrogen and oxygen atoms in total. The van der Waals surface area contributed by atoms with Crippen LogP contribution in [0.2, 0.25) is 0 Å². The van der Waals surface area contributed by atoms with Gasteiger partial charge in [-0.1, -0.05) is 26.2 Å². The summed E-state index contributed by atoms with van der Waals surface area (Å²) in [7, 11) is -3.60. The van der Waals surface area contributed by atoms with Crippen molar-refractivity contribution in [2.75, 3.05) is 25.4 Å². The smallest absolute Gasteiger partial charge is 0.243 e. The van der Waals surface area contributed by atoms with Crippen molar-refractivity contribution in [1.29, 1.82) is 0 Å². The summed E-state index contributed by atoms with van der Waals surface area (Å²) >= 11 is 0. The number of unbranched alkanes of at least 4 members (excludes halogenated alkanes) is 3. The van der Waals surface area contributed by atoms with Gasteiger partial charge in [0, 0.05) is 18.8 Å². The van der Waals surface area contributed by atoms with Crippen LogP contribution in [0.15, 0.2) is 23.1 Å². The van der Waals surface area contributed by atoms with Gasteiger partial charge in [0.25, 0.3) is 0 Å². The molecule has 6 heteroatoms. The minimum atomic E-state index is -3.60. The summed E-state index contributed by atoms with van der Waals surface area (Å²) in [5.74, 6) is 0. The molecule has 0 aromatic heterocycles. The Morgan fingerprint density at radius 3 is 2.43 bits per heavy atom. The maximum atomic E-state index is 12.6. The molecule has 21 heavy (non-hydrogen) atoms. The second kappa shape index (κ2) is 8.36. The predicted octanol–water partition coefficient (Wildman–Crippen LogP) is 2.14. The number of nitrogen functional groups attached to an aromatic ring is 1. The van der Waals surface area contributed by atoms with Gasteiger partial charge in [-0.2, -0.15) is 4.31 Å². The Labute approximate surface area is 127 Å². The van der Waals surface area contributed by atoms with Crippen LogP contribution in [0.3, 0.4) is 0 Å². The maximum absolute atomic E-state index is 12.6. The summed E-state index contributed by atoms with van der Waals surface area (Å²) in [5, 5.41) is 9.13. The van der Waals surface area contributed by atoms with Crippen molar-refractivity contribution in [1.82, 2.24) is 4.31 Å². The average Bonchev–Trinajstić information content (AvgIpc) is 2.41. The molecule has 0 bridgehead atoms. The first-order valence-corrected chi connectivity index (χ1v) is 8.84. The minimum absolute atomic E-state index is 0.113. The molecule has 0 saturated heterocycles.